The lowest BCUT2D eigenvalue weighted by Crippen LogP contribution is -2.48. The van der Waals surface area contributed by atoms with Crippen LogP contribution in [-0.2, 0) is 9.59 Å². The van der Waals surface area contributed by atoms with Crippen molar-refractivity contribution in [2.45, 2.75) is 75.7 Å². The molecule has 0 aromatic heterocycles. The lowest BCUT2D eigenvalue weighted by atomic mass is 9.81. The van der Waals surface area contributed by atoms with Crippen molar-refractivity contribution in [1.82, 2.24) is 10.2 Å². The topological polar surface area (TPSA) is 49.4 Å². The molecule has 0 radical (unpaired) electrons. The first-order valence-electron chi connectivity index (χ1n) is 9.14. The van der Waals surface area contributed by atoms with Crippen molar-refractivity contribution in [1.29, 1.82) is 0 Å². The van der Waals surface area contributed by atoms with Crippen LogP contribution in [0.15, 0.2) is 12.7 Å². The fourth-order valence-corrected chi connectivity index (χ4v) is 4.89. The summed E-state index contributed by atoms with van der Waals surface area (Å²) in [6.07, 6.45) is 1.73. The maximum atomic E-state index is 13.0. The molecule has 0 spiro atoms. The number of carbonyl (C=O) groups is 2. The number of hydrogen-bond donors (Lipinski definition) is 1. The zero-order valence-corrected chi connectivity index (χ0v) is 14.2. The van der Waals surface area contributed by atoms with Crippen molar-refractivity contribution in [3.8, 4) is 0 Å². The minimum absolute atomic E-state index is 0.0452. The van der Waals surface area contributed by atoms with Gasteiger partial charge in [0.05, 0.1) is 5.92 Å². The summed E-state index contributed by atoms with van der Waals surface area (Å²) < 4.78 is 38.7. The number of carbonyl (C=O) groups excluding carboxylic acids is 2. The molecule has 25 heavy (non-hydrogen) atoms. The number of likely N-dealkylation sites (tertiary alicyclic amines) is 1. The van der Waals surface area contributed by atoms with Gasteiger partial charge in [0.1, 0.15) is 6.04 Å². The van der Waals surface area contributed by atoms with Crippen LogP contribution in [0, 0.1) is 11.8 Å². The fraction of sp³-hybridized carbons (Fsp3) is 0.778. The molecule has 3 atom stereocenters. The highest BCUT2D eigenvalue weighted by atomic mass is 19.4. The average Bonchev–Trinajstić information content (AvgIpc) is 2.86. The second-order valence-corrected chi connectivity index (χ2v) is 7.50. The maximum absolute atomic E-state index is 13.0. The SMILES string of the molecule is C=CC(=O)NC1C(=O)N(C2CCC(C(F)(F)F)CC2)C2CCCCC12. The molecule has 1 saturated heterocycles. The van der Waals surface area contributed by atoms with Gasteiger partial charge in [-0.3, -0.25) is 9.59 Å². The molecule has 1 N–H and O–H groups in total. The third-order valence-electron chi connectivity index (χ3n) is 6.12. The molecule has 3 rings (SSSR count). The Bertz CT molecular complexity index is 541. The molecule has 2 amide bonds. The summed E-state index contributed by atoms with van der Waals surface area (Å²) in [4.78, 5) is 26.5. The van der Waals surface area contributed by atoms with Gasteiger partial charge >= 0.3 is 6.18 Å². The van der Waals surface area contributed by atoms with Crippen LogP contribution < -0.4 is 5.32 Å². The number of nitrogens with one attached hydrogen (secondary N) is 1. The Morgan fingerprint density at radius 2 is 1.76 bits per heavy atom. The predicted molar refractivity (Wildman–Crippen MR) is 86.5 cm³/mol. The molecule has 3 fully saturated rings. The third-order valence-corrected chi connectivity index (χ3v) is 6.12. The normalized spacial score (nSPS) is 36.0. The van der Waals surface area contributed by atoms with E-state index in [1.54, 1.807) is 0 Å². The van der Waals surface area contributed by atoms with Gasteiger partial charge < -0.3 is 10.2 Å². The Morgan fingerprint density at radius 1 is 1.12 bits per heavy atom. The van der Waals surface area contributed by atoms with Crippen LogP contribution in [0.4, 0.5) is 13.2 Å². The fourth-order valence-electron chi connectivity index (χ4n) is 4.89. The molecule has 4 nitrogen and oxygen atoms in total. The molecule has 0 aromatic rings. The first-order chi connectivity index (χ1) is 11.8. The summed E-state index contributed by atoms with van der Waals surface area (Å²) >= 11 is 0. The molecule has 3 aliphatic rings. The third kappa shape index (κ3) is 3.55. The summed E-state index contributed by atoms with van der Waals surface area (Å²) in [5.74, 6) is -1.68. The van der Waals surface area contributed by atoms with Crippen molar-refractivity contribution in [2.24, 2.45) is 11.8 Å². The van der Waals surface area contributed by atoms with Crippen LogP contribution in [-0.4, -0.2) is 41.0 Å². The zero-order chi connectivity index (χ0) is 18.2. The highest BCUT2D eigenvalue weighted by Gasteiger charge is 2.52. The van der Waals surface area contributed by atoms with Crippen LogP contribution in [0.25, 0.3) is 0 Å². The number of alkyl halides is 3. The van der Waals surface area contributed by atoms with Crippen LogP contribution >= 0.6 is 0 Å². The Kier molecular flexibility index (Phi) is 5.11. The molecular weight excluding hydrogens is 333 g/mol. The summed E-state index contributed by atoms with van der Waals surface area (Å²) in [5, 5.41) is 2.75. The molecule has 0 bridgehead atoms. The first kappa shape index (κ1) is 18.3. The maximum Gasteiger partial charge on any atom is 0.391 e. The van der Waals surface area contributed by atoms with Gasteiger partial charge in [-0.1, -0.05) is 19.4 Å². The van der Waals surface area contributed by atoms with E-state index >= 15 is 0 Å². The number of hydrogen-bond acceptors (Lipinski definition) is 2. The quantitative estimate of drug-likeness (QED) is 0.788. The lowest BCUT2D eigenvalue weighted by molar-refractivity contribution is -0.185. The van der Waals surface area contributed by atoms with E-state index < -0.39 is 18.1 Å². The van der Waals surface area contributed by atoms with E-state index in [0.29, 0.717) is 12.8 Å². The van der Waals surface area contributed by atoms with Crippen molar-refractivity contribution in [2.75, 3.05) is 0 Å². The van der Waals surface area contributed by atoms with E-state index in [9.17, 15) is 22.8 Å². The standard InChI is InChI=1S/C18H25F3N2O2/c1-2-15(24)22-16-13-5-3-4-6-14(13)23(17(16)25)12-9-7-11(8-10-12)18(19,20)21/h2,11-14,16H,1,3-10H2,(H,22,24). The van der Waals surface area contributed by atoms with E-state index in [4.69, 9.17) is 0 Å². The van der Waals surface area contributed by atoms with Crippen molar-refractivity contribution in [3.05, 3.63) is 12.7 Å². The van der Waals surface area contributed by atoms with Gasteiger partial charge in [-0.15, -0.1) is 0 Å². The predicted octanol–water partition coefficient (Wildman–Crippen LogP) is 3.18. The monoisotopic (exact) mass is 358 g/mol. The summed E-state index contributed by atoms with van der Waals surface area (Å²) in [7, 11) is 0. The Labute approximate surface area is 145 Å². The van der Waals surface area contributed by atoms with E-state index in [0.717, 1.165) is 31.8 Å². The summed E-state index contributed by atoms with van der Waals surface area (Å²) in [6, 6.07) is -0.651. The van der Waals surface area contributed by atoms with Gasteiger partial charge in [-0.2, -0.15) is 13.2 Å². The van der Waals surface area contributed by atoms with E-state index in [1.165, 1.54) is 0 Å². The van der Waals surface area contributed by atoms with Crippen molar-refractivity contribution < 1.29 is 22.8 Å². The number of halogens is 3. The number of fused-ring (bicyclic) bond motifs is 1. The van der Waals surface area contributed by atoms with Gasteiger partial charge in [0.2, 0.25) is 11.8 Å². The van der Waals surface area contributed by atoms with Crippen molar-refractivity contribution >= 4 is 11.8 Å². The van der Waals surface area contributed by atoms with Crippen LogP contribution in [0.1, 0.15) is 51.4 Å². The highest BCUT2D eigenvalue weighted by Crippen LogP contribution is 2.44. The van der Waals surface area contributed by atoms with Gasteiger partial charge in [-0.05, 0) is 44.6 Å². The highest BCUT2D eigenvalue weighted by molar-refractivity contribution is 5.94. The zero-order valence-electron chi connectivity index (χ0n) is 14.2. The molecule has 1 heterocycles. The second kappa shape index (κ2) is 7.00. The first-order valence-corrected chi connectivity index (χ1v) is 9.14. The second-order valence-electron chi connectivity index (χ2n) is 7.50. The van der Waals surface area contributed by atoms with E-state index in [-0.39, 0.29) is 42.7 Å². The number of rotatable bonds is 3. The minimum Gasteiger partial charge on any atom is -0.340 e. The summed E-state index contributed by atoms with van der Waals surface area (Å²) in [5.41, 5.74) is 0. The minimum atomic E-state index is -4.15. The van der Waals surface area contributed by atoms with Gasteiger partial charge in [0.15, 0.2) is 0 Å². The molecular formula is C18H25F3N2O2. The average molecular weight is 358 g/mol. The molecule has 0 aromatic carbocycles. The summed E-state index contributed by atoms with van der Waals surface area (Å²) in [6.45, 7) is 3.43. The molecule has 2 aliphatic carbocycles. The van der Waals surface area contributed by atoms with Crippen LogP contribution in [0.3, 0.4) is 0 Å². The molecule has 140 valence electrons. The van der Waals surface area contributed by atoms with Crippen LogP contribution in [0.5, 0.6) is 0 Å². The van der Waals surface area contributed by atoms with Gasteiger partial charge in [0.25, 0.3) is 0 Å². The largest absolute Gasteiger partial charge is 0.391 e. The molecule has 3 unspecified atom stereocenters. The molecule has 7 heteroatoms. The van der Waals surface area contributed by atoms with E-state index in [1.807, 2.05) is 4.90 Å². The van der Waals surface area contributed by atoms with Crippen molar-refractivity contribution in [3.63, 3.8) is 0 Å². The Balaban J connectivity index is 1.73. The Hall–Kier alpha value is -1.53. The Morgan fingerprint density at radius 3 is 2.36 bits per heavy atom. The number of amides is 2. The van der Waals surface area contributed by atoms with Gasteiger partial charge in [0, 0.05) is 18.0 Å². The number of nitrogens with zero attached hydrogens (tertiary/aromatic N) is 1. The lowest BCUT2D eigenvalue weighted by Gasteiger charge is -2.40. The molecule has 2 saturated carbocycles. The smallest absolute Gasteiger partial charge is 0.340 e. The van der Waals surface area contributed by atoms with Gasteiger partial charge in [-0.25, -0.2) is 0 Å². The molecule has 1 aliphatic heterocycles. The van der Waals surface area contributed by atoms with E-state index in [2.05, 4.69) is 11.9 Å². The van der Waals surface area contributed by atoms with Crippen LogP contribution in [0.2, 0.25) is 0 Å².